The van der Waals surface area contributed by atoms with Crippen LogP contribution in [0.4, 0.5) is 17.1 Å². The summed E-state index contributed by atoms with van der Waals surface area (Å²) in [6, 6.07) is 52.6. The molecule has 6 aromatic carbocycles. The van der Waals surface area contributed by atoms with Crippen LogP contribution in [-0.2, 0) is 16.2 Å². The quantitative estimate of drug-likeness (QED) is 0.175. The summed E-state index contributed by atoms with van der Waals surface area (Å²) in [5, 5.41) is 0. The molecular weight excluding hydrogens is 679 g/mol. The van der Waals surface area contributed by atoms with Gasteiger partial charge in [-0.1, -0.05) is 119 Å². The SMILES string of the molecule is CC1(C)CCC(C)(C)c2cc(-c3ccc(N(c4ccc(-c5ccccc5)cc4)c4ccc5c(c4)C4(c6ccccc6O5)C5CC6CC7CC4C75C6)cc3)ccc21. The Kier molecular flexibility index (Phi) is 6.67. The number of fused-ring (bicyclic) bond motifs is 8. The van der Waals surface area contributed by atoms with E-state index < -0.39 is 0 Å². The van der Waals surface area contributed by atoms with Gasteiger partial charge in [-0.2, -0.15) is 0 Å². The van der Waals surface area contributed by atoms with Crippen LogP contribution in [-0.4, -0.2) is 0 Å². The highest BCUT2D eigenvalue weighted by Gasteiger charge is 2.84. The summed E-state index contributed by atoms with van der Waals surface area (Å²) in [6.45, 7) is 9.66. The van der Waals surface area contributed by atoms with Crippen molar-refractivity contribution in [1.82, 2.24) is 0 Å². The van der Waals surface area contributed by atoms with Crippen LogP contribution >= 0.6 is 0 Å². The van der Waals surface area contributed by atoms with Crippen molar-refractivity contribution in [3.63, 3.8) is 0 Å². The second-order valence-corrected chi connectivity index (χ2v) is 19.7. The normalized spacial score (nSPS) is 28.9. The van der Waals surface area contributed by atoms with Gasteiger partial charge in [0.15, 0.2) is 0 Å². The lowest BCUT2D eigenvalue weighted by Crippen LogP contribution is -2.74. The van der Waals surface area contributed by atoms with Crippen LogP contribution in [0.3, 0.4) is 0 Å². The second kappa shape index (κ2) is 11.3. The van der Waals surface area contributed by atoms with Crippen molar-refractivity contribution in [3.05, 3.63) is 162 Å². The first-order valence-corrected chi connectivity index (χ1v) is 21.3. The van der Waals surface area contributed by atoms with Crippen LogP contribution in [0.25, 0.3) is 22.3 Å². The standard InChI is InChI=1S/C54H51NO/c1-51(2)26-27-52(3,4)45-30-38(18-24-43(45)51)37-16-21-41(22-17-37)55(40-19-14-36(15-20-40)35-10-6-5-7-11-35)42-23-25-48-46(32-42)54(44-12-8-9-13-47(44)56-48)49-29-34-28-39-31-50(54)53(39,49)33-34/h5-25,30,32,34,39,49-50H,26-29,31,33H2,1-4H3. The zero-order valence-corrected chi connectivity index (χ0v) is 33.2. The molecule has 12 rings (SSSR count). The maximum Gasteiger partial charge on any atom is 0.131 e. The van der Waals surface area contributed by atoms with E-state index >= 15 is 0 Å². The first kappa shape index (κ1) is 33.1. The van der Waals surface area contributed by atoms with Crippen molar-refractivity contribution < 1.29 is 4.74 Å². The predicted molar refractivity (Wildman–Crippen MR) is 229 cm³/mol. The van der Waals surface area contributed by atoms with Crippen LogP contribution < -0.4 is 9.64 Å². The summed E-state index contributed by atoms with van der Waals surface area (Å²) in [7, 11) is 0. The van der Waals surface area contributed by atoms with E-state index in [2.05, 4.69) is 172 Å². The molecule has 0 amide bonds. The molecule has 6 unspecified atom stereocenters. The Labute approximate surface area is 332 Å². The zero-order valence-electron chi connectivity index (χ0n) is 33.2. The third kappa shape index (κ3) is 4.28. The second-order valence-electron chi connectivity index (χ2n) is 19.7. The van der Waals surface area contributed by atoms with E-state index in [1.54, 1.807) is 0 Å². The number of benzene rings is 6. The molecular formula is C54H51NO. The van der Waals surface area contributed by atoms with Gasteiger partial charge in [0.2, 0.25) is 0 Å². The van der Waals surface area contributed by atoms with Gasteiger partial charge in [0.1, 0.15) is 11.5 Å². The molecule has 6 atom stereocenters. The fraction of sp³-hybridized carbons (Fsp3) is 0.333. The number of hydrogen-bond donors (Lipinski definition) is 0. The average molecular weight is 730 g/mol. The summed E-state index contributed by atoms with van der Waals surface area (Å²) in [5.74, 6) is 5.40. The van der Waals surface area contributed by atoms with Crippen LogP contribution in [0.5, 0.6) is 11.5 Å². The van der Waals surface area contributed by atoms with Gasteiger partial charge in [-0.05, 0) is 160 Å². The van der Waals surface area contributed by atoms with E-state index in [-0.39, 0.29) is 16.2 Å². The number of nitrogens with zero attached hydrogens (tertiary/aromatic N) is 1. The Balaban J connectivity index is 0.981. The molecule has 0 saturated heterocycles. The number of rotatable bonds is 5. The summed E-state index contributed by atoms with van der Waals surface area (Å²) in [4.78, 5) is 2.48. The lowest BCUT2D eigenvalue weighted by atomic mass is 9.26. The molecule has 6 aromatic rings. The number of anilines is 3. The first-order valence-electron chi connectivity index (χ1n) is 21.3. The number of hydrogen-bond acceptors (Lipinski definition) is 2. The van der Waals surface area contributed by atoms with E-state index in [1.807, 2.05) is 0 Å². The third-order valence-electron chi connectivity index (χ3n) is 16.3. The zero-order chi connectivity index (χ0) is 37.6. The summed E-state index contributed by atoms with van der Waals surface area (Å²) in [5.41, 5.74) is 15.4. The Morgan fingerprint density at radius 2 is 1.07 bits per heavy atom. The fourth-order valence-corrected chi connectivity index (χ4v) is 13.7. The molecule has 1 aliphatic heterocycles. The maximum atomic E-state index is 6.82. The summed E-state index contributed by atoms with van der Waals surface area (Å²) < 4.78 is 6.82. The molecule has 2 bridgehead atoms. The Hall–Kier alpha value is -5.08. The molecule has 6 aliphatic rings. The molecule has 2 spiro atoms. The first-order chi connectivity index (χ1) is 27.2. The molecule has 5 aliphatic carbocycles. The lowest BCUT2D eigenvalue weighted by Gasteiger charge is -2.77. The van der Waals surface area contributed by atoms with Gasteiger partial charge in [-0.15, -0.1) is 0 Å². The monoisotopic (exact) mass is 729 g/mol. The smallest absolute Gasteiger partial charge is 0.131 e. The Bertz CT molecular complexity index is 2550. The van der Waals surface area contributed by atoms with Crippen LogP contribution in [0.15, 0.2) is 140 Å². The molecule has 2 heteroatoms. The van der Waals surface area contributed by atoms with Crippen molar-refractivity contribution in [2.24, 2.45) is 29.1 Å². The highest BCUT2D eigenvalue weighted by atomic mass is 16.5. The lowest BCUT2D eigenvalue weighted by molar-refractivity contribution is -0.235. The van der Waals surface area contributed by atoms with Gasteiger partial charge < -0.3 is 9.64 Å². The highest BCUT2D eigenvalue weighted by Crippen LogP contribution is 2.89. The molecule has 4 fully saturated rings. The van der Waals surface area contributed by atoms with Gasteiger partial charge in [0.25, 0.3) is 0 Å². The van der Waals surface area contributed by atoms with Crippen molar-refractivity contribution in [1.29, 1.82) is 0 Å². The van der Waals surface area contributed by atoms with E-state index in [0.717, 1.165) is 29.0 Å². The molecule has 56 heavy (non-hydrogen) atoms. The van der Waals surface area contributed by atoms with Gasteiger partial charge in [-0.25, -0.2) is 0 Å². The van der Waals surface area contributed by atoms with Gasteiger partial charge in [-0.3, -0.25) is 0 Å². The Morgan fingerprint density at radius 3 is 1.80 bits per heavy atom. The topological polar surface area (TPSA) is 12.5 Å². The van der Waals surface area contributed by atoms with E-state index in [1.165, 1.54) is 94.4 Å². The van der Waals surface area contributed by atoms with Gasteiger partial charge in [0.05, 0.1) is 0 Å². The average Bonchev–Trinajstić information content (AvgIpc) is 3.76. The predicted octanol–water partition coefficient (Wildman–Crippen LogP) is 14.3. The van der Waals surface area contributed by atoms with Crippen molar-refractivity contribution >= 4 is 17.1 Å². The summed E-state index contributed by atoms with van der Waals surface area (Å²) >= 11 is 0. The van der Waals surface area contributed by atoms with Crippen molar-refractivity contribution in [2.75, 3.05) is 4.90 Å². The largest absolute Gasteiger partial charge is 0.457 e. The van der Waals surface area contributed by atoms with Crippen molar-refractivity contribution in [3.8, 4) is 33.8 Å². The van der Waals surface area contributed by atoms with Crippen molar-refractivity contribution in [2.45, 2.75) is 82.5 Å². The van der Waals surface area contributed by atoms with Crippen LogP contribution in [0, 0.1) is 29.1 Å². The Morgan fingerprint density at radius 1 is 0.482 bits per heavy atom. The molecule has 4 saturated carbocycles. The molecule has 2 nitrogen and oxygen atoms in total. The van der Waals surface area contributed by atoms with E-state index in [4.69, 9.17) is 4.74 Å². The van der Waals surface area contributed by atoms with Crippen LogP contribution in [0.2, 0.25) is 0 Å². The molecule has 0 radical (unpaired) electrons. The molecule has 0 N–H and O–H groups in total. The molecule has 1 heterocycles. The molecule has 0 aromatic heterocycles. The minimum Gasteiger partial charge on any atom is -0.457 e. The minimum atomic E-state index is 0.0351. The summed E-state index contributed by atoms with van der Waals surface area (Å²) in [6.07, 6.45) is 8.12. The molecule has 278 valence electrons. The van der Waals surface area contributed by atoms with E-state index in [9.17, 15) is 0 Å². The highest BCUT2D eigenvalue weighted by molar-refractivity contribution is 5.82. The third-order valence-corrected chi connectivity index (χ3v) is 16.3. The van der Waals surface area contributed by atoms with Gasteiger partial charge >= 0.3 is 0 Å². The minimum absolute atomic E-state index is 0.0351. The fourth-order valence-electron chi connectivity index (χ4n) is 13.7. The van der Waals surface area contributed by atoms with Gasteiger partial charge in [0, 0.05) is 33.6 Å². The number of ether oxygens (including phenoxy) is 1. The van der Waals surface area contributed by atoms with E-state index in [0.29, 0.717) is 17.3 Å². The van der Waals surface area contributed by atoms with Crippen LogP contribution in [0.1, 0.15) is 88.5 Å². The number of para-hydroxylation sites is 1. The maximum absolute atomic E-state index is 6.82.